The summed E-state index contributed by atoms with van der Waals surface area (Å²) >= 11 is 0. The number of ketones is 1. The number of Topliss-reactive ketones (excluding diaryl/α,β-unsaturated/α-hetero) is 1. The quantitative estimate of drug-likeness (QED) is 0.762. The Kier molecular flexibility index (Phi) is 4.97. The molecule has 19 heavy (non-hydrogen) atoms. The van der Waals surface area contributed by atoms with E-state index in [2.05, 4.69) is 6.92 Å². The Hall–Kier alpha value is -1.35. The summed E-state index contributed by atoms with van der Waals surface area (Å²) in [4.78, 5) is 12.0. The Balaban J connectivity index is 1.83. The average Bonchev–Trinajstić information content (AvgIpc) is 2.45. The van der Waals surface area contributed by atoms with Gasteiger partial charge in [0.25, 0.3) is 0 Å². The van der Waals surface area contributed by atoms with Gasteiger partial charge in [-0.1, -0.05) is 19.8 Å². The van der Waals surface area contributed by atoms with Crippen LogP contribution in [0.1, 0.15) is 43.0 Å². The Morgan fingerprint density at radius 1 is 1.26 bits per heavy atom. The predicted octanol–water partition coefficient (Wildman–Crippen LogP) is 3.47. The van der Waals surface area contributed by atoms with E-state index in [0.29, 0.717) is 5.56 Å². The van der Waals surface area contributed by atoms with Gasteiger partial charge in [-0.15, -0.1) is 0 Å². The number of hydrogen-bond donors (Lipinski definition) is 0. The Labute approximate surface area is 114 Å². The number of benzene rings is 1. The van der Waals surface area contributed by atoms with Crippen LogP contribution in [0, 0.1) is 5.92 Å². The Morgan fingerprint density at radius 3 is 2.63 bits per heavy atom. The fourth-order valence-corrected chi connectivity index (χ4v) is 2.58. The maximum atomic E-state index is 12.0. The lowest BCUT2D eigenvalue weighted by atomic mass is 9.89. The molecule has 1 aliphatic carbocycles. The topological polar surface area (TPSA) is 35.5 Å². The van der Waals surface area contributed by atoms with Crippen LogP contribution in [0.15, 0.2) is 24.3 Å². The Morgan fingerprint density at radius 2 is 2.00 bits per heavy atom. The van der Waals surface area contributed by atoms with Gasteiger partial charge >= 0.3 is 0 Å². The van der Waals surface area contributed by atoms with Crippen LogP contribution < -0.4 is 4.74 Å². The maximum Gasteiger partial charge on any atom is 0.188 e. The summed E-state index contributed by atoms with van der Waals surface area (Å²) in [6, 6.07) is 7.17. The van der Waals surface area contributed by atoms with Crippen LogP contribution in [0.3, 0.4) is 0 Å². The minimum absolute atomic E-state index is 0.0425. The van der Waals surface area contributed by atoms with Crippen LogP contribution in [0.25, 0.3) is 0 Å². The molecule has 1 saturated carbocycles. The molecule has 0 amide bonds. The van der Waals surface area contributed by atoms with Gasteiger partial charge in [-0.3, -0.25) is 4.79 Å². The van der Waals surface area contributed by atoms with Crippen molar-refractivity contribution < 1.29 is 14.3 Å². The van der Waals surface area contributed by atoms with Crippen LogP contribution in [0.5, 0.6) is 5.75 Å². The van der Waals surface area contributed by atoms with E-state index >= 15 is 0 Å². The van der Waals surface area contributed by atoms with Gasteiger partial charge < -0.3 is 9.47 Å². The zero-order chi connectivity index (χ0) is 13.7. The average molecular weight is 262 g/mol. The molecule has 0 radical (unpaired) electrons. The second kappa shape index (κ2) is 6.71. The molecule has 1 fully saturated rings. The lowest BCUT2D eigenvalue weighted by Gasteiger charge is -2.26. The molecule has 0 bridgehead atoms. The molecule has 0 aliphatic heterocycles. The van der Waals surface area contributed by atoms with E-state index in [1.807, 2.05) is 0 Å². The number of methoxy groups -OCH3 is 1. The van der Waals surface area contributed by atoms with E-state index < -0.39 is 0 Å². The predicted molar refractivity (Wildman–Crippen MR) is 74.7 cm³/mol. The van der Waals surface area contributed by atoms with E-state index in [4.69, 9.17) is 9.47 Å². The summed E-state index contributed by atoms with van der Waals surface area (Å²) in [5.74, 6) is 1.52. The molecule has 3 nitrogen and oxygen atoms in total. The monoisotopic (exact) mass is 262 g/mol. The third kappa shape index (κ3) is 4.06. The molecule has 0 saturated heterocycles. The molecule has 104 valence electrons. The van der Waals surface area contributed by atoms with Crippen LogP contribution >= 0.6 is 0 Å². The lowest BCUT2D eigenvalue weighted by Crippen LogP contribution is -2.24. The maximum absolute atomic E-state index is 12.0. The van der Waals surface area contributed by atoms with Gasteiger partial charge in [-0.2, -0.15) is 0 Å². The van der Waals surface area contributed by atoms with Gasteiger partial charge in [0.05, 0.1) is 13.2 Å². The van der Waals surface area contributed by atoms with E-state index in [1.165, 1.54) is 12.8 Å². The van der Waals surface area contributed by atoms with E-state index in [0.717, 1.165) is 24.5 Å². The van der Waals surface area contributed by atoms with Crippen LogP contribution in [0.2, 0.25) is 0 Å². The van der Waals surface area contributed by atoms with Crippen molar-refractivity contribution in [1.29, 1.82) is 0 Å². The molecule has 2 unspecified atom stereocenters. The smallest absolute Gasteiger partial charge is 0.188 e. The first-order valence-corrected chi connectivity index (χ1v) is 6.98. The highest BCUT2D eigenvalue weighted by Gasteiger charge is 2.20. The highest BCUT2D eigenvalue weighted by Crippen LogP contribution is 2.25. The normalized spacial score (nSPS) is 23.1. The van der Waals surface area contributed by atoms with Gasteiger partial charge in [0, 0.05) is 5.56 Å². The molecule has 1 aromatic rings. The van der Waals surface area contributed by atoms with Crippen molar-refractivity contribution in [3.63, 3.8) is 0 Å². The number of ether oxygens (including phenoxy) is 2. The molecule has 1 aromatic carbocycles. The molecular formula is C16H22O3. The summed E-state index contributed by atoms with van der Waals surface area (Å²) in [7, 11) is 1.62. The fraction of sp³-hybridized carbons (Fsp3) is 0.562. The zero-order valence-electron chi connectivity index (χ0n) is 11.7. The summed E-state index contributed by atoms with van der Waals surface area (Å²) in [5, 5.41) is 0. The third-order valence-corrected chi connectivity index (χ3v) is 3.75. The number of hydrogen-bond acceptors (Lipinski definition) is 3. The Bertz CT molecular complexity index is 411. The number of carbonyl (C=O) groups is 1. The van der Waals surface area contributed by atoms with Crippen molar-refractivity contribution >= 4 is 5.78 Å². The van der Waals surface area contributed by atoms with Crippen molar-refractivity contribution in [2.24, 2.45) is 5.92 Å². The van der Waals surface area contributed by atoms with Crippen molar-refractivity contribution in [1.82, 2.24) is 0 Å². The highest BCUT2D eigenvalue weighted by atomic mass is 16.5. The molecule has 1 aliphatic rings. The molecule has 0 N–H and O–H groups in total. The van der Waals surface area contributed by atoms with Crippen LogP contribution in [0.4, 0.5) is 0 Å². The molecule has 0 aromatic heterocycles. The molecule has 2 rings (SSSR count). The largest absolute Gasteiger partial charge is 0.497 e. The second-order valence-electron chi connectivity index (χ2n) is 5.36. The minimum Gasteiger partial charge on any atom is -0.497 e. The summed E-state index contributed by atoms with van der Waals surface area (Å²) in [6.07, 6.45) is 4.91. The van der Waals surface area contributed by atoms with Crippen molar-refractivity contribution in [3.05, 3.63) is 29.8 Å². The van der Waals surface area contributed by atoms with Gasteiger partial charge in [-0.05, 0) is 43.0 Å². The van der Waals surface area contributed by atoms with Crippen LogP contribution in [-0.4, -0.2) is 25.6 Å². The molecule has 3 heteroatoms. The zero-order valence-corrected chi connectivity index (χ0v) is 11.7. The first-order valence-electron chi connectivity index (χ1n) is 6.98. The van der Waals surface area contributed by atoms with Gasteiger partial charge in [0.2, 0.25) is 0 Å². The van der Waals surface area contributed by atoms with E-state index in [1.54, 1.807) is 31.4 Å². The van der Waals surface area contributed by atoms with E-state index in [9.17, 15) is 4.79 Å². The van der Waals surface area contributed by atoms with Crippen molar-refractivity contribution in [2.75, 3.05) is 13.7 Å². The van der Waals surface area contributed by atoms with Crippen LogP contribution in [-0.2, 0) is 4.74 Å². The highest BCUT2D eigenvalue weighted by molar-refractivity contribution is 5.97. The van der Waals surface area contributed by atoms with E-state index in [-0.39, 0.29) is 18.5 Å². The summed E-state index contributed by atoms with van der Waals surface area (Å²) in [5.41, 5.74) is 0.685. The summed E-state index contributed by atoms with van der Waals surface area (Å²) in [6.45, 7) is 2.44. The minimum atomic E-state index is 0.0425. The fourth-order valence-electron chi connectivity index (χ4n) is 2.58. The molecular weight excluding hydrogens is 240 g/mol. The van der Waals surface area contributed by atoms with Gasteiger partial charge in [-0.25, -0.2) is 0 Å². The lowest BCUT2D eigenvalue weighted by molar-refractivity contribution is 0.0182. The molecule has 0 spiro atoms. The molecule has 0 heterocycles. The SMILES string of the molecule is COc1ccc(C(=O)COC2CCCC(C)C2)cc1. The molecule has 2 atom stereocenters. The second-order valence-corrected chi connectivity index (χ2v) is 5.36. The third-order valence-electron chi connectivity index (χ3n) is 3.75. The number of carbonyl (C=O) groups excluding carboxylic acids is 1. The standard InChI is InChI=1S/C16H22O3/c1-12-4-3-5-15(10-12)19-11-16(17)13-6-8-14(18-2)9-7-13/h6-9,12,15H,3-5,10-11H2,1-2H3. The number of rotatable bonds is 5. The van der Waals surface area contributed by atoms with Gasteiger partial charge in [0.1, 0.15) is 12.4 Å². The van der Waals surface area contributed by atoms with Crippen molar-refractivity contribution in [3.8, 4) is 5.75 Å². The first kappa shape index (κ1) is 14.1. The first-order chi connectivity index (χ1) is 9.19. The van der Waals surface area contributed by atoms with Crippen molar-refractivity contribution in [2.45, 2.75) is 38.7 Å². The van der Waals surface area contributed by atoms with Gasteiger partial charge in [0.15, 0.2) is 5.78 Å². The summed E-state index contributed by atoms with van der Waals surface area (Å²) < 4.78 is 10.8.